The van der Waals surface area contributed by atoms with Crippen molar-refractivity contribution in [1.82, 2.24) is 0 Å². The van der Waals surface area contributed by atoms with E-state index < -0.39 is 0 Å². The predicted molar refractivity (Wildman–Crippen MR) is 68.5 cm³/mol. The minimum Gasteiger partial charge on any atom is -0.370 e. The van der Waals surface area contributed by atoms with Gasteiger partial charge < -0.3 is 15.0 Å². The van der Waals surface area contributed by atoms with E-state index in [4.69, 9.17) is 4.74 Å². The van der Waals surface area contributed by atoms with Crippen molar-refractivity contribution in [3.05, 3.63) is 24.3 Å². The van der Waals surface area contributed by atoms with E-state index in [0.29, 0.717) is 19.6 Å². The molecule has 0 saturated carbocycles. The van der Waals surface area contributed by atoms with Crippen molar-refractivity contribution >= 4 is 23.2 Å². The lowest BCUT2D eigenvalue weighted by molar-refractivity contribution is -0.125. The lowest BCUT2D eigenvalue weighted by atomic mass is 10.2. The van der Waals surface area contributed by atoms with E-state index >= 15 is 0 Å². The molecule has 1 fully saturated rings. The second-order valence-electron chi connectivity index (χ2n) is 4.05. The van der Waals surface area contributed by atoms with Gasteiger partial charge >= 0.3 is 0 Å². The molecule has 96 valence electrons. The van der Waals surface area contributed by atoms with Crippen LogP contribution in [-0.2, 0) is 14.3 Å². The van der Waals surface area contributed by atoms with E-state index in [0.717, 1.165) is 11.4 Å². The first kappa shape index (κ1) is 12.6. The van der Waals surface area contributed by atoms with Gasteiger partial charge in [0.25, 0.3) is 5.91 Å². The second-order valence-corrected chi connectivity index (χ2v) is 4.05. The number of morpholine rings is 1. The molecule has 2 rings (SSSR count). The minimum atomic E-state index is -0.0356. The number of hydrogen-bond donors (Lipinski definition) is 1. The summed E-state index contributed by atoms with van der Waals surface area (Å²) < 4.78 is 5.08. The van der Waals surface area contributed by atoms with Crippen LogP contribution in [0.25, 0.3) is 0 Å². The van der Waals surface area contributed by atoms with Crippen LogP contribution in [-0.4, -0.2) is 31.6 Å². The van der Waals surface area contributed by atoms with Crippen molar-refractivity contribution in [2.75, 3.05) is 30.0 Å². The molecule has 0 unspecified atom stereocenters. The molecule has 1 heterocycles. The Morgan fingerprint density at radius 1 is 1.39 bits per heavy atom. The first-order valence-corrected chi connectivity index (χ1v) is 5.98. The first-order valence-electron chi connectivity index (χ1n) is 5.98. The van der Waals surface area contributed by atoms with Crippen molar-refractivity contribution < 1.29 is 14.3 Å². The van der Waals surface area contributed by atoms with Crippen molar-refractivity contribution in [2.45, 2.75) is 13.3 Å². The number of nitrogens with one attached hydrogen (secondary N) is 1. The summed E-state index contributed by atoms with van der Waals surface area (Å²) in [6, 6.07) is 7.25. The zero-order valence-corrected chi connectivity index (χ0v) is 10.3. The predicted octanol–water partition coefficient (Wildman–Crippen LogP) is 1.40. The summed E-state index contributed by atoms with van der Waals surface area (Å²) >= 11 is 0. The van der Waals surface area contributed by atoms with Crippen LogP contribution in [0.3, 0.4) is 0 Å². The standard InChI is InChI=1S/C13H16N2O3/c1-2-12(16)14-10-3-5-11(6-4-10)15-7-8-18-9-13(15)17/h3-6H,2,7-9H2,1H3,(H,14,16). The molecule has 1 aromatic carbocycles. The Kier molecular flexibility index (Phi) is 3.94. The molecule has 0 bridgehead atoms. The van der Waals surface area contributed by atoms with Crippen molar-refractivity contribution in [3.8, 4) is 0 Å². The third-order valence-electron chi connectivity index (χ3n) is 2.77. The van der Waals surface area contributed by atoms with Crippen molar-refractivity contribution in [3.63, 3.8) is 0 Å². The van der Waals surface area contributed by atoms with Gasteiger partial charge in [0.1, 0.15) is 6.61 Å². The molecule has 1 N–H and O–H groups in total. The fourth-order valence-electron chi connectivity index (χ4n) is 1.77. The molecule has 0 aliphatic carbocycles. The summed E-state index contributed by atoms with van der Waals surface area (Å²) in [7, 11) is 0. The summed E-state index contributed by atoms with van der Waals surface area (Å²) in [5.74, 6) is -0.0585. The summed E-state index contributed by atoms with van der Waals surface area (Å²) in [4.78, 5) is 24.6. The normalized spacial score (nSPS) is 15.6. The SMILES string of the molecule is CCC(=O)Nc1ccc(N2CCOCC2=O)cc1. The number of rotatable bonds is 3. The number of hydrogen-bond acceptors (Lipinski definition) is 3. The van der Waals surface area contributed by atoms with Crippen LogP contribution in [0.4, 0.5) is 11.4 Å². The van der Waals surface area contributed by atoms with Crippen LogP contribution in [0.1, 0.15) is 13.3 Å². The minimum absolute atomic E-state index is 0.0230. The van der Waals surface area contributed by atoms with Crippen LogP contribution in [0.15, 0.2) is 24.3 Å². The van der Waals surface area contributed by atoms with Crippen molar-refractivity contribution in [1.29, 1.82) is 0 Å². The molecule has 2 amide bonds. The van der Waals surface area contributed by atoms with Gasteiger partial charge in [-0.15, -0.1) is 0 Å². The number of anilines is 2. The van der Waals surface area contributed by atoms with E-state index in [1.807, 2.05) is 12.1 Å². The van der Waals surface area contributed by atoms with E-state index in [1.54, 1.807) is 24.0 Å². The van der Waals surface area contributed by atoms with Gasteiger partial charge in [-0.1, -0.05) is 6.92 Å². The van der Waals surface area contributed by atoms with Gasteiger partial charge in [-0.3, -0.25) is 9.59 Å². The lowest BCUT2D eigenvalue weighted by Crippen LogP contribution is -2.41. The van der Waals surface area contributed by atoms with E-state index in [9.17, 15) is 9.59 Å². The summed E-state index contributed by atoms with van der Waals surface area (Å²) in [6.07, 6.45) is 0.448. The van der Waals surface area contributed by atoms with Crippen molar-refractivity contribution in [2.24, 2.45) is 0 Å². The molecule has 18 heavy (non-hydrogen) atoms. The third-order valence-corrected chi connectivity index (χ3v) is 2.77. The summed E-state index contributed by atoms with van der Waals surface area (Å²) in [6.45, 7) is 3.06. The van der Waals surface area contributed by atoms with Crippen LogP contribution >= 0.6 is 0 Å². The number of nitrogens with zero attached hydrogens (tertiary/aromatic N) is 1. The molecule has 5 nitrogen and oxygen atoms in total. The average molecular weight is 248 g/mol. The Bertz CT molecular complexity index is 442. The Labute approximate surface area is 106 Å². The van der Waals surface area contributed by atoms with E-state index in [-0.39, 0.29) is 18.4 Å². The van der Waals surface area contributed by atoms with Gasteiger partial charge in [-0.2, -0.15) is 0 Å². The molecule has 0 aromatic heterocycles. The molecule has 1 saturated heterocycles. The highest BCUT2D eigenvalue weighted by Crippen LogP contribution is 2.19. The van der Waals surface area contributed by atoms with Crippen LogP contribution in [0, 0.1) is 0 Å². The molecule has 1 aromatic rings. The molecule has 0 spiro atoms. The summed E-state index contributed by atoms with van der Waals surface area (Å²) in [5.41, 5.74) is 1.57. The Balaban J connectivity index is 2.07. The van der Waals surface area contributed by atoms with Gasteiger partial charge in [0.05, 0.1) is 6.61 Å². The molecule has 0 atom stereocenters. The zero-order valence-electron chi connectivity index (χ0n) is 10.3. The number of ether oxygens (including phenoxy) is 1. The van der Waals surface area contributed by atoms with E-state index in [2.05, 4.69) is 5.32 Å². The molecular weight excluding hydrogens is 232 g/mol. The Morgan fingerprint density at radius 2 is 2.11 bits per heavy atom. The fraction of sp³-hybridized carbons (Fsp3) is 0.385. The topological polar surface area (TPSA) is 58.6 Å². The third kappa shape index (κ3) is 2.87. The highest BCUT2D eigenvalue weighted by molar-refractivity contribution is 5.95. The monoisotopic (exact) mass is 248 g/mol. The Hall–Kier alpha value is -1.88. The molecule has 5 heteroatoms. The van der Waals surface area contributed by atoms with Gasteiger partial charge in [0.2, 0.25) is 5.91 Å². The molecule has 0 radical (unpaired) electrons. The maximum absolute atomic E-state index is 11.6. The number of amides is 2. The van der Waals surface area contributed by atoms with Crippen LogP contribution in [0.2, 0.25) is 0 Å². The highest BCUT2D eigenvalue weighted by Gasteiger charge is 2.19. The summed E-state index contributed by atoms with van der Waals surface area (Å²) in [5, 5.41) is 2.77. The fourth-order valence-corrected chi connectivity index (χ4v) is 1.77. The highest BCUT2D eigenvalue weighted by atomic mass is 16.5. The smallest absolute Gasteiger partial charge is 0.253 e. The second kappa shape index (κ2) is 5.64. The van der Waals surface area contributed by atoms with Gasteiger partial charge in [0, 0.05) is 24.3 Å². The largest absolute Gasteiger partial charge is 0.370 e. The maximum Gasteiger partial charge on any atom is 0.253 e. The zero-order chi connectivity index (χ0) is 13.0. The van der Waals surface area contributed by atoms with Crippen LogP contribution in [0.5, 0.6) is 0 Å². The molecule has 1 aliphatic rings. The number of benzene rings is 1. The van der Waals surface area contributed by atoms with Crippen LogP contribution < -0.4 is 10.2 Å². The number of carbonyl (C=O) groups is 2. The first-order chi connectivity index (χ1) is 8.70. The van der Waals surface area contributed by atoms with Gasteiger partial charge in [-0.25, -0.2) is 0 Å². The van der Waals surface area contributed by atoms with E-state index in [1.165, 1.54) is 0 Å². The Morgan fingerprint density at radius 3 is 2.72 bits per heavy atom. The quantitative estimate of drug-likeness (QED) is 0.879. The lowest BCUT2D eigenvalue weighted by Gasteiger charge is -2.26. The van der Waals surface area contributed by atoms with Gasteiger partial charge in [0.15, 0.2) is 0 Å². The maximum atomic E-state index is 11.6. The number of carbonyl (C=O) groups excluding carboxylic acids is 2. The molecular formula is C13H16N2O3. The molecule has 1 aliphatic heterocycles. The average Bonchev–Trinajstić information content (AvgIpc) is 2.40. The van der Waals surface area contributed by atoms with Gasteiger partial charge in [-0.05, 0) is 24.3 Å².